The standard InChI is InChI=1S/C6H8N2/c1-2-3-6-7-4-5-8-6/h2-5H,1H3,(H,7,8)/b3-2-. The third-order valence-electron chi connectivity index (χ3n) is 0.844. The Hall–Kier alpha value is -1.05. The number of aromatic amines is 1. The lowest BCUT2D eigenvalue weighted by molar-refractivity contribution is 1.26. The molecule has 2 nitrogen and oxygen atoms in total. The number of hydrogen-bond acceptors (Lipinski definition) is 1. The summed E-state index contributed by atoms with van der Waals surface area (Å²) in [6.07, 6.45) is 7.39. The van der Waals surface area contributed by atoms with Gasteiger partial charge in [0.15, 0.2) is 0 Å². The van der Waals surface area contributed by atoms with Crippen LogP contribution in [0.2, 0.25) is 0 Å². The Morgan fingerprint density at radius 3 is 3.12 bits per heavy atom. The molecule has 8 heavy (non-hydrogen) atoms. The number of nitrogens with one attached hydrogen (secondary N) is 1. The SMILES string of the molecule is C/C=C\c1ncc[nH]1. The van der Waals surface area contributed by atoms with E-state index in [-0.39, 0.29) is 0 Å². The van der Waals surface area contributed by atoms with Crippen LogP contribution in [-0.4, -0.2) is 9.97 Å². The molecule has 1 aromatic heterocycles. The second-order valence-corrected chi connectivity index (χ2v) is 1.47. The highest BCUT2D eigenvalue weighted by atomic mass is 14.9. The molecule has 1 aromatic rings. The monoisotopic (exact) mass is 108 g/mol. The Morgan fingerprint density at radius 1 is 1.75 bits per heavy atom. The van der Waals surface area contributed by atoms with Gasteiger partial charge in [-0.3, -0.25) is 0 Å². The molecular weight excluding hydrogens is 100 g/mol. The van der Waals surface area contributed by atoms with Crippen LogP contribution in [0.1, 0.15) is 12.7 Å². The zero-order chi connectivity index (χ0) is 5.82. The quantitative estimate of drug-likeness (QED) is 0.579. The van der Waals surface area contributed by atoms with Gasteiger partial charge in [0.25, 0.3) is 0 Å². The van der Waals surface area contributed by atoms with E-state index < -0.39 is 0 Å². The zero-order valence-electron chi connectivity index (χ0n) is 4.76. The van der Waals surface area contributed by atoms with Gasteiger partial charge in [-0.1, -0.05) is 6.08 Å². The average molecular weight is 108 g/mol. The van der Waals surface area contributed by atoms with Crippen LogP contribution in [0.3, 0.4) is 0 Å². The first-order valence-electron chi connectivity index (χ1n) is 2.55. The van der Waals surface area contributed by atoms with Crippen molar-refractivity contribution in [1.29, 1.82) is 0 Å². The van der Waals surface area contributed by atoms with E-state index in [1.807, 2.05) is 19.1 Å². The molecule has 0 atom stereocenters. The van der Waals surface area contributed by atoms with Gasteiger partial charge in [0.05, 0.1) is 0 Å². The van der Waals surface area contributed by atoms with Crippen LogP contribution in [0.15, 0.2) is 18.5 Å². The van der Waals surface area contributed by atoms with Gasteiger partial charge in [-0.05, 0) is 13.0 Å². The van der Waals surface area contributed by atoms with Crippen molar-refractivity contribution in [1.82, 2.24) is 9.97 Å². The van der Waals surface area contributed by atoms with Crippen LogP contribution in [0.4, 0.5) is 0 Å². The molecule has 0 aliphatic carbocycles. The molecule has 0 spiro atoms. The van der Waals surface area contributed by atoms with Crippen LogP contribution in [-0.2, 0) is 0 Å². The molecule has 0 aromatic carbocycles. The van der Waals surface area contributed by atoms with Crippen molar-refractivity contribution in [2.24, 2.45) is 0 Å². The lowest BCUT2D eigenvalue weighted by atomic mass is 10.5. The van der Waals surface area contributed by atoms with Crippen LogP contribution < -0.4 is 0 Å². The van der Waals surface area contributed by atoms with Crippen molar-refractivity contribution in [3.8, 4) is 0 Å². The van der Waals surface area contributed by atoms with E-state index in [0.29, 0.717) is 0 Å². The van der Waals surface area contributed by atoms with Crippen molar-refractivity contribution < 1.29 is 0 Å². The highest BCUT2D eigenvalue weighted by Gasteiger charge is 1.80. The number of H-pyrrole nitrogens is 1. The van der Waals surface area contributed by atoms with Crippen molar-refractivity contribution in [3.63, 3.8) is 0 Å². The van der Waals surface area contributed by atoms with Crippen molar-refractivity contribution in [2.45, 2.75) is 6.92 Å². The summed E-state index contributed by atoms with van der Waals surface area (Å²) < 4.78 is 0. The zero-order valence-corrected chi connectivity index (χ0v) is 4.76. The Bertz CT molecular complexity index is 163. The first kappa shape index (κ1) is 5.09. The lowest BCUT2D eigenvalue weighted by Crippen LogP contribution is -1.69. The summed E-state index contributed by atoms with van der Waals surface area (Å²) in [6.45, 7) is 1.96. The van der Waals surface area contributed by atoms with Crippen LogP contribution in [0.5, 0.6) is 0 Å². The highest BCUT2D eigenvalue weighted by Crippen LogP contribution is 1.89. The smallest absolute Gasteiger partial charge is 0.129 e. The van der Waals surface area contributed by atoms with E-state index in [0.717, 1.165) is 5.82 Å². The fourth-order valence-corrected chi connectivity index (χ4v) is 0.526. The number of nitrogens with zero attached hydrogens (tertiary/aromatic N) is 1. The van der Waals surface area contributed by atoms with Gasteiger partial charge in [0.2, 0.25) is 0 Å². The number of imidazole rings is 1. The van der Waals surface area contributed by atoms with Gasteiger partial charge < -0.3 is 4.98 Å². The number of rotatable bonds is 1. The van der Waals surface area contributed by atoms with E-state index in [4.69, 9.17) is 0 Å². The van der Waals surface area contributed by atoms with Gasteiger partial charge in [-0.2, -0.15) is 0 Å². The summed E-state index contributed by atoms with van der Waals surface area (Å²) in [4.78, 5) is 6.90. The Balaban J connectivity index is 2.77. The maximum absolute atomic E-state index is 3.96. The minimum absolute atomic E-state index is 0.910. The normalized spacial score (nSPS) is 10.6. The molecule has 0 amide bonds. The predicted octanol–water partition coefficient (Wildman–Crippen LogP) is 1.44. The minimum atomic E-state index is 0.910. The van der Waals surface area contributed by atoms with E-state index in [2.05, 4.69) is 9.97 Å². The molecule has 0 bridgehead atoms. The third-order valence-corrected chi connectivity index (χ3v) is 0.844. The third kappa shape index (κ3) is 0.964. The molecule has 0 fully saturated rings. The first-order valence-corrected chi connectivity index (χ1v) is 2.55. The maximum atomic E-state index is 3.96. The minimum Gasteiger partial charge on any atom is -0.345 e. The van der Waals surface area contributed by atoms with E-state index in [1.54, 1.807) is 12.4 Å². The molecule has 1 N–H and O–H groups in total. The summed E-state index contributed by atoms with van der Waals surface area (Å²) >= 11 is 0. The summed E-state index contributed by atoms with van der Waals surface area (Å²) in [5, 5.41) is 0. The summed E-state index contributed by atoms with van der Waals surface area (Å²) in [5.74, 6) is 0.910. The summed E-state index contributed by atoms with van der Waals surface area (Å²) in [5.41, 5.74) is 0. The van der Waals surface area contributed by atoms with E-state index in [1.165, 1.54) is 0 Å². The Labute approximate surface area is 48.3 Å². The molecular formula is C6H8N2. The van der Waals surface area contributed by atoms with Crippen molar-refractivity contribution in [2.75, 3.05) is 0 Å². The first-order chi connectivity index (χ1) is 3.93. The molecule has 0 saturated carbocycles. The molecule has 1 heterocycles. The number of aromatic nitrogens is 2. The largest absolute Gasteiger partial charge is 0.345 e. The predicted molar refractivity (Wildman–Crippen MR) is 33.3 cm³/mol. The van der Waals surface area contributed by atoms with E-state index in [9.17, 15) is 0 Å². The molecule has 2 heteroatoms. The second-order valence-electron chi connectivity index (χ2n) is 1.47. The topological polar surface area (TPSA) is 28.7 Å². The van der Waals surface area contributed by atoms with Gasteiger partial charge >= 0.3 is 0 Å². The molecule has 0 radical (unpaired) electrons. The fourth-order valence-electron chi connectivity index (χ4n) is 0.526. The Kier molecular flexibility index (Phi) is 1.47. The molecule has 42 valence electrons. The molecule has 0 saturated heterocycles. The second kappa shape index (κ2) is 2.31. The van der Waals surface area contributed by atoms with Gasteiger partial charge in [0, 0.05) is 12.4 Å². The lowest BCUT2D eigenvalue weighted by Gasteiger charge is -1.76. The molecule has 0 unspecified atom stereocenters. The summed E-state index contributed by atoms with van der Waals surface area (Å²) in [7, 11) is 0. The van der Waals surface area contributed by atoms with E-state index >= 15 is 0 Å². The number of hydrogen-bond donors (Lipinski definition) is 1. The van der Waals surface area contributed by atoms with Crippen LogP contribution in [0.25, 0.3) is 6.08 Å². The van der Waals surface area contributed by atoms with Crippen molar-refractivity contribution >= 4 is 6.08 Å². The summed E-state index contributed by atoms with van der Waals surface area (Å²) in [6, 6.07) is 0. The van der Waals surface area contributed by atoms with Gasteiger partial charge in [-0.25, -0.2) is 4.98 Å². The van der Waals surface area contributed by atoms with Gasteiger partial charge in [0.1, 0.15) is 5.82 Å². The number of allylic oxidation sites excluding steroid dienone is 1. The molecule has 0 aliphatic rings. The fraction of sp³-hybridized carbons (Fsp3) is 0.167. The maximum Gasteiger partial charge on any atom is 0.129 e. The average Bonchev–Trinajstić information content (AvgIpc) is 2.19. The Morgan fingerprint density at radius 2 is 2.62 bits per heavy atom. The van der Waals surface area contributed by atoms with Crippen LogP contribution >= 0.6 is 0 Å². The van der Waals surface area contributed by atoms with Crippen LogP contribution in [0, 0.1) is 0 Å². The molecule has 1 rings (SSSR count). The van der Waals surface area contributed by atoms with Crippen molar-refractivity contribution in [3.05, 3.63) is 24.3 Å². The highest BCUT2D eigenvalue weighted by molar-refractivity contribution is 5.38. The molecule has 0 aliphatic heterocycles. The van der Waals surface area contributed by atoms with Gasteiger partial charge in [-0.15, -0.1) is 0 Å².